The van der Waals surface area contributed by atoms with Crippen LogP contribution in [0.1, 0.15) is 15.2 Å². The number of hydrogen-bond acceptors (Lipinski definition) is 6. The third-order valence-corrected chi connectivity index (χ3v) is 5.66. The van der Waals surface area contributed by atoms with Crippen LogP contribution < -0.4 is 10.6 Å². The van der Waals surface area contributed by atoms with Crippen LogP contribution >= 0.6 is 34.7 Å². The molecule has 0 aliphatic rings. The summed E-state index contributed by atoms with van der Waals surface area (Å²) >= 11 is 8.17. The molecule has 2 heterocycles. The van der Waals surface area contributed by atoms with Crippen molar-refractivity contribution in [2.24, 2.45) is 0 Å². The number of nitrogens with zero attached hydrogens (tertiary/aromatic N) is 2. The number of carbonyl (C=O) groups excluding carboxylic acids is 2. The second-order valence-electron chi connectivity index (χ2n) is 5.72. The lowest BCUT2D eigenvalue weighted by Gasteiger charge is -2.11. The van der Waals surface area contributed by atoms with Crippen molar-refractivity contribution in [1.82, 2.24) is 10.2 Å². The molecule has 0 aliphatic carbocycles. The number of nitrogens with one attached hydrogen (secondary N) is 2. The van der Waals surface area contributed by atoms with Crippen LogP contribution in [0.3, 0.4) is 0 Å². The fourth-order valence-electron chi connectivity index (χ4n) is 2.17. The van der Waals surface area contributed by atoms with Gasteiger partial charge in [-0.15, -0.1) is 21.5 Å². The van der Waals surface area contributed by atoms with E-state index in [2.05, 4.69) is 20.8 Å². The first-order valence-electron chi connectivity index (χ1n) is 8.20. The van der Waals surface area contributed by atoms with Crippen molar-refractivity contribution in [2.45, 2.75) is 11.2 Å². The van der Waals surface area contributed by atoms with Gasteiger partial charge in [0.15, 0.2) is 5.82 Å². The largest absolute Gasteiger partial charge is 0.416 e. The average Bonchev–Trinajstić information content (AvgIpc) is 3.23. The molecule has 30 heavy (non-hydrogen) atoms. The second kappa shape index (κ2) is 9.45. The molecule has 0 unspecified atom stereocenters. The van der Waals surface area contributed by atoms with Crippen LogP contribution in [-0.4, -0.2) is 27.8 Å². The predicted molar refractivity (Wildman–Crippen MR) is 110 cm³/mol. The summed E-state index contributed by atoms with van der Waals surface area (Å²) in [6, 6.07) is 9.20. The van der Waals surface area contributed by atoms with Gasteiger partial charge in [-0.05, 0) is 41.8 Å². The fourth-order valence-corrected chi connectivity index (χ4v) is 3.57. The van der Waals surface area contributed by atoms with Crippen LogP contribution in [0.15, 0.2) is 52.9 Å². The number of anilines is 2. The van der Waals surface area contributed by atoms with Crippen molar-refractivity contribution in [3.63, 3.8) is 0 Å². The highest BCUT2D eigenvalue weighted by Gasteiger charge is 2.31. The summed E-state index contributed by atoms with van der Waals surface area (Å²) in [7, 11) is 0. The summed E-state index contributed by atoms with van der Waals surface area (Å²) in [5.41, 5.74) is -1.05. The van der Waals surface area contributed by atoms with E-state index in [0.29, 0.717) is 9.90 Å². The van der Waals surface area contributed by atoms with E-state index in [0.717, 1.165) is 30.0 Å². The van der Waals surface area contributed by atoms with E-state index in [4.69, 9.17) is 11.6 Å². The highest BCUT2D eigenvalue weighted by atomic mass is 35.5. The van der Waals surface area contributed by atoms with Crippen LogP contribution in [0.2, 0.25) is 5.02 Å². The molecule has 0 bridgehead atoms. The molecule has 2 aromatic heterocycles. The Bertz CT molecular complexity index is 1040. The summed E-state index contributed by atoms with van der Waals surface area (Å²) in [4.78, 5) is 24.5. The van der Waals surface area contributed by atoms with Gasteiger partial charge in [-0.25, -0.2) is 0 Å². The minimum atomic E-state index is -4.55. The summed E-state index contributed by atoms with van der Waals surface area (Å²) in [5, 5.41) is 14.9. The zero-order valence-electron chi connectivity index (χ0n) is 14.9. The molecule has 3 rings (SSSR count). The van der Waals surface area contributed by atoms with Crippen molar-refractivity contribution in [1.29, 1.82) is 0 Å². The number of carbonyl (C=O) groups is 2. The molecular formula is C18H12ClF3N4O2S2. The lowest BCUT2D eigenvalue weighted by atomic mass is 10.2. The molecule has 0 aliphatic heterocycles. The molecule has 2 amide bonds. The fraction of sp³-hybridized carbons (Fsp3) is 0.111. The zero-order chi connectivity index (χ0) is 21.7. The first-order chi connectivity index (χ1) is 14.2. The monoisotopic (exact) mass is 472 g/mol. The molecule has 0 fully saturated rings. The van der Waals surface area contributed by atoms with E-state index in [1.54, 1.807) is 23.6 Å². The molecule has 1 aromatic carbocycles. The van der Waals surface area contributed by atoms with Gasteiger partial charge in [0.05, 0.1) is 26.9 Å². The first kappa shape index (κ1) is 22.1. The zero-order valence-corrected chi connectivity index (χ0v) is 17.3. The lowest BCUT2D eigenvalue weighted by molar-refractivity contribution is -0.137. The molecule has 156 valence electrons. The SMILES string of the molecule is O=C(CSc1ccc(NC(=O)c2cccs2)nn1)Nc1cc(C(F)(F)F)ccc1Cl. The molecule has 0 radical (unpaired) electrons. The minimum absolute atomic E-state index is 0.00743. The van der Waals surface area contributed by atoms with Crippen molar-refractivity contribution >= 4 is 58.0 Å². The molecule has 0 saturated heterocycles. The molecule has 0 spiro atoms. The van der Waals surface area contributed by atoms with Crippen molar-refractivity contribution < 1.29 is 22.8 Å². The topological polar surface area (TPSA) is 84.0 Å². The number of aromatic nitrogens is 2. The standard InChI is InChI=1S/C18H12ClF3N4O2S2/c19-11-4-3-10(18(20,21)22)8-12(11)23-15(27)9-30-16-6-5-14(25-26-16)24-17(28)13-2-1-7-29-13/h1-8H,9H2,(H,23,27)(H,24,25,28). The third kappa shape index (κ3) is 5.94. The van der Waals surface area contributed by atoms with Gasteiger partial charge in [0.1, 0.15) is 5.03 Å². The number of benzene rings is 1. The van der Waals surface area contributed by atoms with E-state index in [1.165, 1.54) is 17.4 Å². The number of thiophene rings is 1. The smallest absolute Gasteiger partial charge is 0.324 e. The van der Waals surface area contributed by atoms with Crippen LogP contribution in [0.25, 0.3) is 0 Å². The number of amides is 2. The molecular weight excluding hydrogens is 461 g/mol. The number of rotatable bonds is 6. The molecule has 0 atom stereocenters. The first-order valence-corrected chi connectivity index (χ1v) is 10.4. The average molecular weight is 473 g/mol. The molecule has 12 heteroatoms. The predicted octanol–water partition coefficient (Wildman–Crippen LogP) is 5.19. The van der Waals surface area contributed by atoms with Crippen LogP contribution in [-0.2, 0) is 11.0 Å². The summed E-state index contributed by atoms with van der Waals surface area (Å²) in [6.45, 7) is 0. The van der Waals surface area contributed by atoms with Crippen LogP contribution in [0, 0.1) is 0 Å². The van der Waals surface area contributed by atoms with E-state index < -0.39 is 17.6 Å². The summed E-state index contributed by atoms with van der Waals surface area (Å²) < 4.78 is 38.4. The van der Waals surface area contributed by atoms with E-state index in [9.17, 15) is 22.8 Å². The van der Waals surface area contributed by atoms with Gasteiger partial charge < -0.3 is 10.6 Å². The summed E-state index contributed by atoms with van der Waals surface area (Å²) in [6.07, 6.45) is -4.55. The highest BCUT2D eigenvalue weighted by molar-refractivity contribution is 7.99. The van der Waals surface area contributed by atoms with Gasteiger partial charge in [-0.3, -0.25) is 9.59 Å². The number of alkyl halides is 3. The van der Waals surface area contributed by atoms with Crippen molar-refractivity contribution in [3.8, 4) is 0 Å². The lowest BCUT2D eigenvalue weighted by Crippen LogP contribution is -2.15. The maximum atomic E-state index is 12.8. The van der Waals surface area contributed by atoms with Gasteiger partial charge in [-0.2, -0.15) is 13.2 Å². The van der Waals surface area contributed by atoms with Gasteiger partial charge >= 0.3 is 6.18 Å². The summed E-state index contributed by atoms with van der Waals surface area (Å²) in [5.74, 6) is -0.740. The Hall–Kier alpha value is -2.63. The Morgan fingerprint density at radius 3 is 2.53 bits per heavy atom. The van der Waals surface area contributed by atoms with Crippen LogP contribution in [0.5, 0.6) is 0 Å². The molecule has 0 saturated carbocycles. The second-order valence-corrected chi connectivity index (χ2v) is 8.07. The van der Waals surface area contributed by atoms with Crippen molar-refractivity contribution in [2.75, 3.05) is 16.4 Å². The maximum absolute atomic E-state index is 12.8. The third-order valence-electron chi connectivity index (χ3n) is 3.55. The maximum Gasteiger partial charge on any atom is 0.416 e. The Balaban J connectivity index is 1.54. The quantitative estimate of drug-likeness (QED) is 0.482. The molecule has 2 N–H and O–H groups in total. The van der Waals surface area contributed by atoms with Gasteiger partial charge in [-0.1, -0.05) is 29.4 Å². The minimum Gasteiger partial charge on any atom is -0.324 e. The number of halogens is 4. The van der Waals surface area contributed by atoms with E-state index in [-0.39, 0.29) is 28.2 Å². The van der Waals surface area contributed by atoms with Crippen LogP contribution in [0.4, 0.5) is 24.7 Å². The van der Waals surface area contributed by atoms with Gasteiger partial charge in [0.25, 0.3) is 5.91 Å². The molecule has 6 nitrogen and oxygen atoms in total. The Morgan fingerprint density at radius 1 is 1.10 bits per heavy atom. The Labute approximate surface area is 181 Å². The van der Waals surface area contributed by atoms with Gasteiger partial charge in [0, 0.05) is 0 Å². The van der Waals surface area contributed by atoms with Gasteiger partial charge in [0.2, 0.25) is 5.91 Å². The van der Waals surface area contributed by atoms with E-state index >= 15 is 0 Å². The Kier molecular flexibility index (Phi) is 6.95. The normalized spacial score (nSPS) is 11.2. The number of hydrogen-bond donors (Lipinski definition) is 2. The van der Waals surface area contributed by atoms with E-state index in [1.807, 2.05) is 0 Å². The Morgan fingerprint density at radius 2 is 1.90 bits per heavy atom. The highest BCUT2D eigenvalue weighted by Crippen LogP contribution is 2.34. The van der Waals surface area contributed by atoms with Crippen molar-refractivity contribution in [3.05, 3.63) is 63.3 Å². The number of thioether (sulfide) groups is 1. The molecule has 3 aromatic rings.